The van der Waals surface area contributed by atoms with Crippen molar-refractivity contribution in [3.63, 3.8) is 0 Å². The van der Waals surface area contributed by atoms with Crippen LogP contribution in [-0.4, -0.2) is 54.4 Å². The summed E-state index contributed by atoms with van der Waals surface area (Å²) in [5, 5.41) is 22.3. The van der Waals surface area contributed by atoms with Crippen LogP contribution < -0.4 is 15.8 Å². The Morgan fingerprint density at radius 2 is 1.82 bits per heavy atom. The molecule has 1 fully saturated rings. The molecule has 34 heavy (non-hydrogen) atoms. The maximum Gasteiger partial charge on any atom is 0.194 e. The third-order valence-corrected chi connectivity index (χ3v) is 5.78. The lowest BCUT2D eigenvalue weighted by Crippen LogP contribution is -2.52. The molecule has 0 bridgehead atoms. The van der Waals surface area contributed by atoms with Gasteiger partial charge in [0.1, 0.15) is 23.4 Å². The molecule has 1 heterocycles. The highest BCUT2D eigenvalue weighted by Gasteiger charge is 2.38. The highest BCUT2D eigenvalue weighted by molar-refractivity contribution is 7.99. The van der Waals surface area contributed by atoms with E-state index in [2.05, 4.69) is 5.32 Å². The van der Waals surface area contributed by atoms with E-state index in [-0.39, 0.29) is 17.8 Å². The zero-order valence-corrected chi connectivity index (χ0v) is 19.8. The molecule has 11 heteroatoms. The van der Waals surface area contributed by atoms with Gasteiger partial charge in [0.15, 0.2) is 23.7 Å². The van der Waals surface area contributed by atoms with E-state index in [0.717, 1.165) is 17.0 Å². The molecule has 1 saturated heterocycles. The van der Waals surface area contributed by atoms with Crippen LogP contribution in [0.3, 0.4) is 0 Å². The number of ether oxygens (including phenoxy) is 3. The second-order valence-corrected chi connectivity index (χ2v) is 8.02. The van der Waals surface area contributed by atoms with Gasteiger partial charge in [0.05, 0.1) is 19.4 Å². The maximum atomic E-state index is 13.4. The Labute approximate surface area is 200 Å². The van der Waals surface area contributed by atoms with Crippen molar-refractivity contribution in [1.82, 2.24) is 5.32 Å². The van der Waals surface area contributed by atoms with Crippen molar-refractivity contribution in [1.29, 1.82) is 0 Å². The number of thioether (sulfide) groups is 1. The van der Waals surface area contributed by atoms with Crippen molar-refractivity contribution < 1.29 is 37.6 Å². The van der Waals surface area contributed by atoms with Crippen molar-refractivity contribution in [3.8, 4) is 5.75 Å². The van der Waals surface area contributed by atoms with Crippen molar-refractivity contribution >= 4 is 17.5 Å². The third-order valence-electron chi connectivity index (χ3n) is 4.61. The fraction of sp³-hybridized carbons (Fsp3) is 0.391. The summed E-state index contributed by atoms with van der Waals surface area (Å²) in [5.41, 5.74) is 5.13. The molecule has 3 unspecified atom stereocenters. The third kappa shape index (κ3) is 7.28. The fourth-order valence-corrected chi connectivity index (χ4v) is 4.06. The molecule has 0 spiro atoms. The summed E-state index contributed by atoms with van der Waals surface area (Å²) in [6.45, 7) is 3.66. The van der Waals surface area contributed by atoms with Crippen LogP contribution in [0.1, 0.15) is 19.4 Å². The summed E-state index contributed by atoms with van der Waals surface area (Å²) in [6, 6.07) is 8.80. The first-order valence-electron chi connectivity index (χ1n) is 10.6. The molecule has 2 aromatic rings. The molecular weight excluding hydrogens is 473 g/mol. The average molecular weight is 503 g/mol. The van der Waals surface area contributed by atoms with E-state index in [1.54, 1.807) is 25.3 Å². The van der Waals surface area contributed by atoms with Crippen LogP contribution in [-0.2, 0) is 9.47 Å². The van der Waals surface area contributed by atoms with E-state index >= 15 is 0 Å². The fourth-order valence-electron chi connectivity index (χ4n) is 2.94. The van der Waals surface area contributed by atoms with Crippen LogP contribution in [0, 0.1) is 17.5 Å². The zero-order valence-electron chi connectivity index (χ0n) is 19.0. The number of methoxy groups -OCH3 is 1. The van der Waals surface area contributed by atoms with Crippen molar-refractivity contribution in [2.75, 3.05) is 20.3 Å². The molecule has 0 aliphatic carbocycles. The van der Waals surface area contributed by atoms with E-state index in [9.17, 15) is 23.4 Å². The van der Waals surface area contributed by atoms with Gasteiger partial charge in [0, 0.05) is 23.2 Å². The zero-order chi connectivity index (χ0) is 25.3. The van der Waals surface area contributed by atoms with Crippen LogP contribution in [0.5, 0.6) is 5.75 Å². The van der Waals surface area contributed by atoms with Crippen LogP contribution in [0.25, 0.3) is 5.70 Å². The number of hydrogen-bond acceptors (Lipinski definition) is 8. The van der Waals surface area contributed by atoms with Crippen LogP contribution in [0.15, 0.2) is 47.5 Å². The van der Waals surface area contributed by atoms with Gasteiger partial charge in [-0.3, -0.25) is 0 Å². The Hall–Kier alpha value is -2.44. The van der Waals surface area contributed by atoms with Gasteiger partial charge in [-0.15, -0.1) is 0 Å². The molecule has 7 nitrogen and oxygen atoms in total. The summed E-state index contributed by atoms with van der Waals surface area (Å²) in [6.07, 6.45) is -1.68. The second-order valence-electron chi connectivity index (χ2n) is 6.85. The van der Waals surface area contributed by atoms with Gasteiger partial charge in [0.2, 0.25) is 0 Å². The molecule has 188 valence electrons. The van der Waals surface area contributed by atoms with Crippen molar-refractivity contribution in [2.45, 2.75) is 42.7 Å². The lowest BCUT2D eigenvalue weighted by molar-refractivity contribution is -0.270. The van der Waals surface area contributed by atoms with Crippen molar-refractivity contribution in [3.05, 3.63) is 65.6 Å². The minimum absolute atomic E-state index is 0.0368. The summed E-state index contributed by atoms with van der Waals surface area (Å²) in [4.78, 5) is 0.809. The van der Waals surface area contributed by atoms with Gasteiger partial charge in [-0.1, -0.05) is 31.7 Å². The Morgan fingerprint density at radius 3 is 2.44 bits per heavy atom. The number of benzene rings is 2. The highest BCUT2D eigenvalue weighted by Crippen LogP contribution is 2.34. The molecule has 3 rings (SSSR count). The van der Waals surface area contributed by atoms with Crippen molar-refractivity contribution in [2.24, 2.45) is 5.73 Å². The molecule has 0 amide bonds. The predicted octanol–water partition coefficient (Wildman–Crippen LogP) is 3.20. The summed E-state index contributed by atoms with van der Waals surface area (Å²) < 4.78 is 56.6. The normalized spacial score (nSPS) is 22.5. The minimum atomic E-state index is -1.58. The molecular formula is C23H29F3N2O5S. The first kappa shape index (κ1) is 27.8. The minimum Gasteiger partial charge on any atom is -0.497 e. The molecule has 4 atom stereocenters. The average Bonchev–Trinajstić information content (AvgIpc) is 2.84. The quantitative estimate of drug-likeness (QED) is 0.408. The highest BCUT2D eigenvalue weighted by atomic mass is 32.2. The lowest BCUT2D eigenvalue weighted by atomic mass is 10.1. The first-order chi connectivity index (χ1) is 16.3. The lowest BCUT2D eigenvalue weighted by Gasteiger charge is -2.38. The monoisotopic (exact) mass is 502 g/mol. The van der Waals surface area contributed by atoms with Gasteiger partial charge >= 0.3 is 0 Å². The standard InChI is InChI=1S/C21H23F3N2O5S.C2H6/c1-29-12-3-2-4-13(7-12)32-21-17(30-20(28)18(10-27)31-21)9-26-8-16(25)11-5-14(22)19(24)15(23)6-11;1-2/h2-8,17-18,20-21,26-28H,9-10,25H2,1H3;1-2H3/b16-8-;/t17-,18?,20?,21?;/m0./s1. The molecule has 0 radical (unpaired) electrons. The topological polar surface area (TPSA) is 106 Å². The second kappa shape index (κ2) is 13.4. The molecule has 1 aliphatic heterocycles. The van der Waals surface area contributed by atoms with E-state index in [0.29, 0.717) is 5.75 Å². The molecule has 0 aromatic heterocycles. The summed E-state index contributed by atoms with van der Waals surface area (Å²) in [7, 11) is 1.55. The van der Waals surface area contributed by atoms with Gasteiger partial charge in [-0.25, -0.2) is 13.2 Å². The number of aliphatic hydroxyl groups is 2. The number of nitrogens with two attached hydrogens (primary N) is 1. The Kier molecular flexibility index (Phi) is 11.0. The molecule has 1 aliphatic rings. The Morgan fingerprint density at radius 1 is 1.15 bits per heavy atom. The van der Waals surface area contributed by atoms with Crippen LogP contribution >= 0.6 is 11.8 Å². The summed E-state index contributed by atoms with van der Waals surface area (Å²) in [5.74, 6) is -3.64. The number of hydrogen-bond donors (Lipinski definition) is 4. The predicted molar refractivity (Wildman–Crippen MR) is 123 cm³/mol. The Bertz CT molecular complexity index is 943. The number of halogens is 3. The largest absolute Gasteiger partial charge is 0.497 e. The number of nitrogens with one attached hydrogen (secondary N) is 1. The molecule has 0 saturated carbocycles. The smallest absolute Gasteiger partial charge is 0.194 e. The first-order valence-corrected chi connectivity index (χ1v) is 11.4. The van der Waals surface area contributed by atoms with Gasteiger partial charge in [0.25, 0.3) is 0 Å². The maximum absolute atomic E-state index is 13.4. The number of aliphatic hydroxyl groups excluding tert-OH is 2. The van der Waals surface area contributed by atoms with Crippen LogP contribution in [0.4, 0.5) is 13.2 Å². The van der Waals surface area contributed by atoms with Gasteiger partial charge in [-0.2, -0.15) is 0 Å². The van der Waals surface area contributed by atoms with Gasteiger partial charge in [-0.05, 0) is 30.3 Å². The Balaban J connectivity index is 0.00000199. The number of rotatable bonds is 8. The summed E-state index contributed by atoms with van der Waals surface area (Å²) >= 11 is 1.30. The van der Waals surface area contributed by atoms with E-state index in [4.69, 9.17) is 19.9 Å². The SMILES string of the molecule is CC.COc1cccc(SC2OC(CO)C(O)O[C@H]2CN/C=C(\N)c2cc(F)c(F)c(F)c2)c1. The van der Waals surface area contributed by atoms with Crippen LogP contribution in [0.2, 0.25) is 0 Å². The van der Waals surface area contributed by atoms with E-state index < -0.39 is 48.0 Å². The van der Waals surface area contributed by atoms with Gasteiger partial charge < -0.3 is 35.5 Å². The van der Waals surface area contributed by atoms with E-state index in [1.165, 1.54) is 18.0 Å². The molecule has 5 N–H and O–H groups in total. The molecule has 2 aromatic carbocycles. The van der Waals surface area contributed by atoms with E-state index in [1.807, 2.05) is 19.9 Å².